The summed E-state index contributed by atoms with van der Waals surface area (Å²) in [6.45, 7) is 3.69. The Kier molecular flexibility index (Phi) is 7.17. The normalized spacial score (nSPS) is 10.2. The monoisotopic (exact) mass is 379 g/mol. The molecule has 0 bridgehead atoms. The lowest BCUT2D eigenvalue weighted by molar-refractivity contribution is -0.117. The summed E-state index contributed by atoms with van der Waals surface area (Å²) in [5.41, 5.74) is 7.80. The fourth-order valence-electron chi connectivity index (χ4n) is 2.48. The number of benzene rings is 2. The van der Waals surface area contributed by atoms with E-state index in [0.717, 1.165) is 11.1 Å². The van der Waals surface area contributed by atoms with Crippen LogP contribution in [0.4, 0.5) is 0 Å². The number of carbonyl (C=O) groups excluding carboxylic acids is 2. The molecule has 2 aromatic rings. The highest BCUT2D eigenvalue weighted by atomic mass is 16.5. The minimum absolute atomic E-state index is 0.0892. The fourth-order valence-corrected chi connectivity index (χ4v) is 2.48. The standard InChI is InChI=1S/C21H21N3O4/c1-14-4-7-17(15(2)12-14)21(26)24-23-20(25)9-6-16-5-8-18(28-11-10-22)19(13-16)27-3/h4-9,12-13H,11H2,1-3H3,(H,23,25)(H,24,26)/b9-6+. The molecule has 2 rings (SSSR count). The highest BCUT2D eigenvalue weighted by Gasteiger charge is 2.09. The number of nitriles is 1. The SMILES string of the molecule is COc1cc(/C=C/C(=O)NNC(=O)c2ccc(C)cc2C)ccc1OCC#N. The van der Waals surface area contributed by atoms with E-state index >= 15 is 0 Å². The molecule has 0 atom stereocenters. The first kappa shape index (κ1) is 20.5. The van der Waals surface area contributed by atoms with Crippen LogP contribution in [0, 0.1) is 25.2 Å². The number of hydrazine groups is 1. The molecule has 0 saturated heterocycles. The van der Waals surface area contributed by atoms with Crippen LogP contribution in [0.3, 0.4) is 0 Å². The molecule has 0 saturated carbocycles. The summed E-state index contributed by atoms with van der Waals surface area (Å²) in [5, 5.41) is 8.58. The van der Waals surface area contributed by atoms with E-state index in [1.807, 2.05) is 32.0 Å². The first-order valence-electron chi connectivity index (χ1n) is 8.48. The summed E-state index contributed by atoms with van der Waals surface area (Å²) >= 11 is 0. The van der Waals surface area contributed by atoms with Gasteiger partial charge in [-0.2, -0.15) is 5.26 Å². The van der Waals surface area contributed by atoms with Crippen LogP contribution in [0.25, 0.3) is 6.08 Å². The first-order chi connectivity index (χ1) is 13.4. The van der Waals surface area contributed by atoms with Crippen LogP contribution >= 0.6 is 0 Å². The van der Waals surface area contributed by atoms with Crippen LogP contribution in [-0.2, 0) is 4.79 Å². The Balaban J connectivity index is 1.96. The summed E-state index contributed by atoms with van der Waals surface area (Å²) in [7, 11) is 1.48. The van der Waals surface area contributed by atoms with E-state index in [1.54, 1.807) is 30.3 Å². The maximum atomic E-state index is 12.2. The minimum Gasteiger partial charge on any atom is -0.493 e. The maximum absolute atomic E-state index is 12.2. The molecule has 2 aromatic carbocycles. The van der Waals surface area contributed by atoms with E-state index in [1.165, 1.54) is 13.2 Å². The van der Waals surface area contributed by atoms with E-state index in [4.69, 9.17) is 14.7 Å². The van der Waals surface area contributed by atoms with Gasteiger partial charge in [-0.15, -0.1) is 0 Å². The average molecular weight is 379 g/mol. The first-order valence-corrected chi connectivity index (χ1v) is 8.48. The van der Waals surface area contributed by atoms with Crippen molar-refractivity contribution in [3.05, 3.63) is 64.7 Å². The van der Waals surface area contributed by atoms with Crippen molar-refractivity contribution in [2.45, 2.75) is 13.8 Å². The topological polar surface area (TPSA) is 100 Å². The van der Waals surface area contributed by atoms with Gasteiger partial charge in [0.2, 0.25) is 0 Å². The molecule has 0 aliphatic heterocycles. The zero-order chi connectivity index (χ0) is 20.5. The molecule has 0 spiro atoms. The van der Waals surface area contributed by atoms with E-state index in [9.17, 15) is 9.59 Å². The molecule has 0 unspecified atom stereocenters. The van der Waals surface area contributed by atoms with E-state index < -0.39 is 5.91 Å². The Labute approximate surface area is 163 Å². The molecule has 0 fully saturated rings. The number of aryl methyl sites for hydroxylation is 2. The third-order valence-electron chi connectivity index (χ3n) is 3.83. The lowest BCUT2D eigenvalue weighted by Crippen LogP contribution is -2.41. The second kappa shape index (κ2) is 9.78. The smallest absolute Gasteiger partial charge is 0.269 e. The van der Waals surface area contributed by atoms with Gasteiger partial charge < -0.3 is 9.47 Å². The van der Waals surface area contributed by atoms with Crippen LogP contribution in [0.2, 0.25) is 0 Å². The van der Waals surface area contributed by atoms with Gasteiger partial charge in [0, 0.05) is 11.6 Å². The Morgan fingerprint density at radius 1 is 1.11 bits per heavy atom. The molecular formula is C21H21N3O4. The van der Waals surface area contributed by atoms with Gasteiger partial charge in [-0.1, -0.05) is 23.8 Å². The number of amides is 2. The highest BCUT2D eigenvalue weighted by Crippen LogP contribution is 2.28. The molecule has 0 aliphatic carbocycles. The molecule has 7 heteroatoms. The highest BCUT2D eigenvalue weighted by molar-refractivity contribution is 5.98. The zero-order valence-corrected chi connectivity index (χ0v) is 15.9. The summed E-state index contributed by atoms with van der Waals surface area (Å²) in [6, 6.07) is 12.4. The van der Waals surface area contributed by atoms with Crippen molar-refractivity contribution in [2.75, 3.05) is 13.7 Å². The van der Waals surface area contributed by atoms with Crippen LogP contribution in [-0.4, -0.2) is 25.5 Å². The second-order valence-electron chi connectivity index (χ2n) is 5.95. The van der Waals surface area contributed by atoms with Crippen LogP contribution in [0.5, 0.6) is 11.5 Å². The number of hydrogen-bond acceptors (Lipinski definition) is 5. The molecule has 2 amide bonds. The Morgan fingerprint density at radius 2 is 1.89 bits per heavy atom. The van der Waals surface area contributed by atoms with Crippen LogP contribution in [0.15, 0.2) is 42.5 Å². The fraction of sp³-hybridized carbons (Fsp3) is 0.190. The van der Waals surface area contributed by atoms with Gasteiger partial charge in [0.25, 0.3) is 11.8 Å². The van der Waals surface area contributed by atoms with Gasteiger partial charge in [-0.3, -0.25) is 20.4 Å². The van der Waals surface area contributed by atoms with Gasteiger partial charge in [0.05, 0.1) is 7.11 Å². The summed E-state index contributed by atoms with van der Waals surface area (Å²) < 4.78 is 10.5. The van der Waals surface area contributed by atoms with E-state index in [-0.39, 0.29) is 12.5 Å². The third kappa shape index (κ3) is 5.61. The molecule has 0 aliphatic rings. The van der Waals surface area contributed by atoms with Gasteiger partial charge in [-0.25, -0.2) is 0 Å². The zero-order valence-electron chi connectivity index (χ0n) is 15.9. The van der Waals surface area contributed by atoms with Gasteiger partial charge in [-0.05, 0) is 49.2 Å². The number of hydrogen-bond donors (Lipinski definition) is 2. The van der Waals surface area contributed by atoms with Crippen molar-refractivity contribution in [1.82, 2.24) is 10.9 Å². The number of rotatable bonds is 6. The Bertz CT molecular complexity index is 945. The Hall–Kier alpha value is -3.79. The lowest BCUT2D eigenvalue weighted by Gasteiger charge is -2.09. The number of methoxy groups -OCH3 is 1. The number of ether oxygens (including phenoxy) is 2. The average Bonchev–Trinajstić information content (AvgIpc) is 2.69. The third-order valence-corrected chi connectivity index (χ3v) is 3.83. The number of nitrogens with zero attached hydrogens (tertiary/aromatic N) is 1. The van der Waals surface area contributed by atoms with Crippen LogP contribution in [0.1, 0.15) is 27.0 Å². The van der Waals surface area contributed by atoms with Gasteiger partial charge >= 0.3 is 0 Å². The van der Waals surface area contributed by atoms with Crippen LogP contribution < -0.4 is 20.3 Å². The number of carbonyl (C=O) groups is 2. The van der Waals surface area contributed by atoms with Gasteiger partial charge in [0.1, 0.15) is 6.07 Å². The number of nitrogens with one attached hydrogen (secondary N) is 2. The van der Waals surface area contributed by atoms with E-state index in [0.29, 0.717) is 22.6 Å². The summed E-state index contributed by atoms with van der Waals surface area (Å²) in [6.07, 6.45) is 2.85. The summed E-state index contributed by atoms with van der Waals surface area (Å²) in [4.78, 5) is 24.1. The molecule has 0 radical (unpaired) electrons. The van der Waals surface area contributed by atoms with E-state index in [2.05, 4.69) is 10.9 Å². The van der Waals surface area contributed by atoms with Crippen molar-refractivity contribution >= 4 is 17.9 Å². The van der Waals surface area contributed by atoms with Gasteiger partial charge in [0.15, 0.2) is 18.1 Å². The molecular weight excluding hydrogens is 358 g/mol. The largest absolute Gasteiger partial charge is 0.493 e. The predicted octanol–water partition coefficient (Wildman–Crippen LogP) is 2.69. The van der Waals surface area contributed by atoms with Crippen molar-refractivity contribution < 1.29 is 19.1 Å². The molecule has 144 valence electrons. The van der Waals surface area contributed by atoms with Crippen molar-refractivity contribution in [2.24, 2.45) is 0 Å². The van der Waals surface area contributed by atoms with Crippen molar-refractivity contribution in [3.63, 3.8) is 0 Å². The quantitative estimate of drug-likeness (QED) is 0.594. The second-order valence-corrected chi connectivity index (χ2v) is 5.95. The molecule has 2 N–H and O–H groups in total. The summed E-state index contributed by atoms with van der Waals surface area (Å²) in [5.74, 6) is 0.00846. The molecule has 7 nitrogen and oxygen atoms in total. The van der Waals surface area contributed by atoms with Crippen molar-refractivity contribution in [3.8, 4) is 17.6 Å². The molecule has 0 heterocycles. The maximum Gasteiger partial charge on any atom is 0.269 e. The molecule has 0 aromatic heterocycles. The molecule has 28 heavy (non-hydrogen) atoms. The lowest BCUT2D eigenvalue weighted by atomic mass is 10.1. The minimum atomic E-state index is -0.484. The predicted molar refractivity (Wildman–Crippen MR) is 105 cm³/mol. The van der Waals surface area contributed by atoms with Crippen molar-refractivity contribution in [1.29, 1.82) is 5.26 Å². The Morgan fingerprint density at radius 3 is 2.57 bits per heavy atom.